The van der Waals surface area contributed by atoms with E-state index in [2.05, 4.69) is 12.1 Å². The van der Waals surface area contributed by atoms with Crippen molar-refractivity contribution in [3.63, 3.8) is 0 Å². The van der Waals surface area contributed by atoms with Crippen LogP contribution in [0.1, 0.15) is 30.4 Å². The zero-order valence-corrected chi connectivity index (χ0v) is 18.5. The number of rotatable bonds is 9. The highest BCUT2D eigenvalue weighted by molar-refractivity contribution is 5.78. The van der Waals surface area contributed by atoms with Gasteiger partial charge in [-0.1, -0.05) is 30.3 Å². The number of ether oxygens (including phenoxy) is 2. The summed E-state index contributed by atoms with van der Waals surface area (Å²) in [5.41, 5.74) is 2.22. The van der Waals surface area contributed by atoms with E-state index in [1.54, 1.807) is 14.2 Å². The molecule has 2 aromatic rings. The molecule has 1 aliphatic heterocycles. The summed E-state index contributed by atoms with van der Waals surface area (Å²) in [7, 11) is 3.25. The Bertz CT molecular complexity index is 861. The largest absolute Gasteiger partial charge is 0.497 e. The fourth-order valence-corrected chi connectivity index (χ4v) is 3.93. The molecule has 3 rings (SSSR count). The minimum atomic E-state index is 0.112. The topological polar surface area (TPSA) is 59.1 Å². The van der Waals surface area contributed by atoms with Crippen molar-refractivity contribution in [1.29, 1.82) is 0 Å². The predicted octanol–water partition coefficient (Wildman–Crippen LogP) is 3.33. The average molecular weight is 425 g/mol. The lowest BCUT2D eigenvalue weighted by Gasteiger charge is -2.35. The highest BCUT2D eigenvalue weighted by Crippen LogP contribution is 2.25. The van der Waals surface area contributed by atoms with Gasteiger partial charge in [0.1, 0.15) is 11.5 Å². The fraction of sp³-hybridized carbons (Fsp3) is 0.440. The summed E-state index contributed by atoms with van der Waals surface area (Å²) in [5, 5.41) is 0. The van der Waals surface area contributed by atoms with Gasteiger partial charge in [-0.25, -0.2) is 0 Å². The molecule has 0 aliphatic carbocycles. The van der Waals surface area contributed by atoms with Crippen LogP contribution >= 0.6 is 0 Å². The smallest absolute Gasteiger partial charge is 0.223 e. The van der Waals surface area contributed by atoms with E-state index in [4.69, 9.17) is 9.47 Å². The van der Waals surface area contributed by atoms with Crippen LogP contribution in [-0.4, -0.2) is 62.0 Å². The standard InChI is InChI=1S/C25H32N2O4/c1-30-22-12-13-23(31-2)21(19-22)11-14-25(29)27-17-15-26(16-18-27)24(28)10-6-9-20-7-4-3-5-8-20/h3-5,7-8,12-13,19H,6,9-11,14-18H2,1-2H3. The lowest BCUT2D eigenvalue weighted by molar-refractivity contribution is -0.139. The number of aryl methyl sites for hydroxylation is 2. The number of piperazine rings is 1. The van der Waals surface area contributed by atoms with Gasteiger partial charge in [0, 0.05) is 39.0 Å². The summed E-state index contributed by atoms with van der Waals surface area (Å²) in [6.45, 7) is 2.41. The molecule has 0 aromatic heterocycles. The molecule has 6 heteroatoms. The molecule has 0 saturated carbocycles. The minimum Gasteiger partial charge on any atom is -0.497 e. The Morgan fingerprint density at radius 2 is 1.45 bits per heavy atom. The highest BCUT2D eigenvalue weighted by Gasteiger charge is 2.23. The van der Waals surface area contributed by atoms with E-state index in [1.165, 1.54) is 5.56 Å². The van der Waals surface area contributed by atoms with Gasteiger partial charge in [0.15, 0.2) is 0 Å². The summed E-state index contributed by atoms with van der Waals surface area (Å²) in [6, 6.07) is 15.9. The molecule has 1 fully saturated rings. The number of amides is 2. The molecule has 1 saturated heterocycles. The predicted molar refractivity (Wildman–Crippen MR) is 120 cm³/mol. The first kappa shape index (κ1) is 22.7. The summed E-state index contributed by atoms with van der Waals surface area (Å²) >= 11 is 0. The van der Waals surface area contributed by atoms with Crippen molar-refractivity contribution in [1.82, 2.24) is 9.80 Å². The second-order valence-corrected chi connectivity index (χ2v) is 7.78. The molecule has 31 heavy (non-hydrogen) atoms. The molecule has 2 amide bonds. The van der Waals surface area contributed by atoms with Gasteiger partial charge in [-0.2, -0.15) is 0 Å². The van der Waals surface area contributed by atoms with Gasteiger partial charge in [-0.3, -0.25) is 9.59 Å². The lowest BCUT2D eigenvalue weighted by atomic mass is 10.1. The monoisotopic (exact) mass is 424 g/mol. The first-order valence-corrected chi connectivity index (χ1v) is 10.9. The third-order valence-electron chi connectivity index (χ3n) is 5.78. The quantitative estimate of drug-likeness (QED) is 0.620. The number of hydrogen-bond acceptors (Lipinski definition) is 4. The number of carbonyl (C=O) groups is 2. The normalized spacial score (nSPS) is 13.7. The second-order valence-electron chi connectivity index (χ2n) is 7.78. The molecular formula is C25H32N2O4. The van der Waals surface area contributed by atoms with Crippen molar-refractivity contribution in [3.05, 3.63) is 59.7 Å². The molecular weight excluding hydrogens is 392 g/mol. The number of hydrogen-bond donors (Lipinski definition) is 0. The Morgan fingerprint density at radius 1 is 0.806 bits per heavy atom. The Balaban J connectivity index is 1.41. The molecule has 0 unspecified atom stereocenters. The maximum absolute atomic E-state index is 12.7. The fourth-order valence-electron chi connectivity index (χ4n) is 3.93. The Morgan fingerprint density at radius 3 is 2.06 bits per heavy atom. The average Bonchev–Trinajstić information content (AvgIpc) is 2.83. The van der Waals surface area contributed by atoms with Crippen LogP contribution in [0.25, 0.3) is 0 Å². The van der Waals surface area contributed by atoms with Crippen LogP contribution in [0.2, 0.25) is 0 Å². The zero-order valence-electron chi connectivity index (χ0n) is 18.5. The Labute approximate surface area is 184 Å². The first-order chi connectivity index (χ1) is 15.1. The molecule has 0 spiro atoms. The van der Waals surface area contributed by atoms with E-state index >= 15 is 0 Å². The summed E-state index contributed by atoms with van der Waals surface area (Å²) in [6.07, 6.45) is 3.33. The van der Waals surface area contributed by atoms with Crippen molar-refractivity contribution in [2.75, 3.05) is 40.4 Å². The molecule has 0 atom stereocenters. The molecule has 0 bridgehead atoms. The van der Waals surface area contributed by atoms with E-state index in [1.807, 2.05) is 46.2 Å². The molecule has 2 aromatic carbocycles. The third kappa shape index (κ3) is 6.48. The molecule has 1 heterocycles. The Hall–Kier alpha value is -3.02. The van der Waals surface area contributed by atoms with Crippen LogP contribution in [0.5, 0.6) is 11.5 Å². The van der Waals surface area contributed by atoms with Crippen LogP contribution in [0.3, 0.4) is 0 Å². The number of carbonyl (C=O) groups excluding carboxylic acids is 2. The molecule has 6 nitrogen and oxygen atoms in total. The van der Waals surface area contributed by atoms with Gasteiger partial charge in [0.2, 0.25) is 11.8 Å². The van der Waals surface area contributed by atoms with Crippen molar-refractivity contribution in [2.24, 2.45) is 0 Å². The van der Waals surface area contributed by atoms with Crippen LogP contribution in [-0.2, 0) is 22.4 Å². The van der Waals surface area contributed by atoms with Crippen LogP contribution in [0, 0.1) is 0 Å². The zero-order chi connectivity index (χ0) is 22.1. The van der Waals surface area contributed by atoms with E-state index in [9.17, 15) is 9.59 Å². The van der Waals surface area contributed by atoms with Crippen molar-refractivity contribution in [2.45, 2.75) is 32.1 Å². The first-order valence-electron chi connectivity index (χ1n) is 10.9. The lowest BCUT2D eigenvalue weighted by Crippen LogP contribution is -2.50. The van der Waals surface area contributed by atoms with Gasteiger partial charge in [0.25, 0.3) is 0 Å². The van der Waals surface area contributed by atoms with Gasteiger partial charge in [-0.05, 0) is 48.6 Å². The molecule has 166 valence electrons. The van der Waals surface area contributed by atoms with Crippen LogP contribution < -0.4 is 9.47 Å². The molecule has 0 radical (unpaired) electrons. The maximum Gasteiger partial charge on any atom is 0.223 e. The maximum atomic E-state index is 12.7. The van der Waals surface area contributed by atoms with Crippen LogP contribution in [0.15, 0.2) is 48.5 Å². The second kappa shape index (κ2) is 11.4. The van der Waals surface area contributed by atoms with E-state index in [0.717, 1.165) is 29.9 Å². The molecule has 1 aliphatic rings. The van der Waals surface area contributed by atoms with Crippen molar-refractivity contribution < 1.29 is 19.1 Å². The van der Waals surface area contributed by atoms with E-state index < -0.39 is 0 Å². The summed E-state index contributed by atoms with van der Waals surface area (Å²) in [4.78, 5) is 28.9. The summed E-state index contributed by atoms with van der Waals surface area (Å²) in [5.74, 6) is 1.81. The van der Waals surface area contributed by atoms with Crippen molar-refractivity contribution in [3.8, 4) is 11.5 Å². The Kier molecular flexibility index (Phi) is 8.33. The molecule has 0 N–H and O–H groups in total. The third-order valence-corrected chi connectivity index (χ3v) is 5.78. The highest BCUT2D eigenvalue weighted by atomic mass is 16.5. The van der Waals surface area contributed by atoms with Crippen molar-refractivity contribution >= 4 is 11.8 Å². The van der Waals surface area contributed by atoms with Gasteiger partial charge >= 0.3 is 0 Å². The number of benzene rings is 2. The van der Waals surface area contributed by atoms with Gasteiger partial charge in [-0.15, -0.1) is 0 Å². The number of nitrogens with zero attached hydrogens (tertiary/aromatic N) is 2. The minimum absolute atomic E-state index is 0.112. The van der Waals surface area contributed by atoms with E-state index in [-0.39, 0.29) is 11.8 Å². The van der Waals surface area contributed by atoms with Gasteiger partial charge < -0.3 is 19.3 Å². The summed E-state index contributed by atoms with van der Waals surface area (Å²) < 4.78 is 10.7. The number of methoxy groups -OCH3 is 2. The van der Waals surface area contributed by atoms with Gasteiger partial charge in [0.05, 0.1) is 14.2 Å². The van der Waals surface area contributed by atoms with Crippen LogP contribution in [0.4, 0.5) is 0 Å². The SMILES string of the molecule is COc1ccc(OC)c(CCC(=O)N2CCN(C(=O)CCCc3ccccc3)CC2)c1. The van der Waals surface area contributed by atoms with E-state index in [0.29, 0.717) is 45.4 Å².